The number of hydrogen-bond acceptors (Lipinski definition) is 6. The van der Waals surface area contributed by atoms with Gasteiger partial charge in [-0.1, -0.05) is 41.9 Å². The van der Waals surface area contributed by atoms with Gasteiger partial charge in [-0.25, -0.2) is 4.79 Å². The minimum Gasteiger partial charge on any atom is -0.493 e. The van der Waals surface area contributed by atoms with Gasteiger partial charge in [0.15, 0.2) is 0 Å². The normalized spacial score (nSPS) is 14.2. The molecule has 11 heteroatoms. The summed E-state index contributed by atoms with van der Waals surface area (Å²) < 4.78 is 12.3. The van der Waals surface area contributed by atoms with E-state index in [1.807, 2.05) is 54.6 Å². The van der Waals surface area contributed by atoms with E-state index in [0.717, 1.165) is 83.3 Å². The van der Waals surface area contributed by atoms with E-state index in [1.165, 1.54) is 0 Å². The number of carboxylic acid groups (broad SMARTS) is 1. The Hall–Kier alpha value is -3.86. The second-order valence-electron chi connectivity index (χ2n) is 11.9. The van der Waals surface area contributed by atoms with Gasteiger partial charge < -0.3 is 14.4 Å². The van der Waals surface area contributed by atoms with Crippen molar-refractivity contribution in [2.45, 2.75) is 55.4 Å². The molecule has 0 radical (unpaired) electrons. The fourth-order valence-corrected chi connectivity index (χ4v) is 8.97. The Morgan fingerprint density at radius 3 is 2.66 bits per heavy atom. The molecular weight excluding hydrogens is 650 g/mol. The van der Waals surface area contributed by atoms with Crippen LogP contribution in [0, 0.1) is 6.92 Å². The molecule has 3 aromatic carbocycles. The lowest BCUT2D eigenvalue weighted by Gasteiger charge is -2.13. The van der Waals surface area contributed by atoms with Gasteiger partial charge in [0.25, 0.3) is 0 Å². The number of halogens is 1. The molecule has 3 aromatic heterocycles. The summed E-state index contributed by atoms with van der Waals surface area (Å²) in [5.41, 5.74) is 7.81. The van der Waals surface area contributed by atoms with Crippen molar-refractivity contribution in [3.05, 3.63) is 93.7 Å². The van der Waals surface area contributed by atoms with Crippen LogP contribution in [0.15, 0.2) is 59.5 Å². The first-order chi connectivity index (χ1) is 22.7. The molecule has 0 saturated heterocycles. The summed E-state index contributed by atoms with van der Waals surface area (Å²) in [5, 5.41) is 23.9. The van der Waals surface area contributed by atoms with Gasteiger partial charge in [0.2, 0.25) is 0 Å². The van der Waals surface area contributed by atoms with E-state index in [-0.39, 0.29) is 5.69 Å². The average Bonchev–Trinajstić information content (AvgIpc) is 3.67. The third-order valence-electron chi connectivity index (χ3n) is 8.92. The standard InChI is InChI=1S/C36H36ClN5O3S2/c1-5-42-30-20-46-18-23-16-24(41(4)39-23)19-47-25-15-22-9-6-7-10-26(22)31(17-25)45-14-8-11-27-28-12-13-29(37)33(32(30)21(2)38-42)34(28)40(3)35(27)36(43)44/h6-7,9-10,12-13,15-17H,5,8,11,14,18-20H2,1-4H3,(H,43,44). The predicted octanol–water partition coefficient (Wildman–Crippen LogP) is 8.66. The molecule has 47 heavy (non-hydrogen) atoms. The van der Waals surface area contributed by atoms with Crippen LogP contribution in [0.2, 0.25) is 5.02 Å². The Labute approximate surface area is 287 Å². The van der Waals surface area contributed by atoms with Crippen molar-refractivity contribution in [3.63, 3.8) is 0 Å². The number of thioether (sulfide) groups is 2. The van der Waals surface area contributed by atoms with Gasteiger partial charge in [-0.05, 0) is 61.9 Å². The zero-order valence-corrected chi connectivity index (χ0v) is 29.2. The maximum absolute atomic E-state index is 12.8. The lowest BCUT2D eigenvalue weighted by molar-refractivity contribution is 0.0685. The highest BCUT2D eigenvalue weighted by atomic mass is 35.5. The Bertz CT molecular complexity index is 2170. The molecule has 1 aliphatic heterocycles. The van der Waals surface area contributed by atoms with Crippen molar-refractivity contribution < 1.29 is 14.6 Å². The number of hydrogen-bond donors (Lipinski definition) is 1. The number of rotatable bonds is 2. The highest BCUT2D eigenvalue weighted by molar-refractivity contribution is 7.98. The molecule has 0 amide bonds. The molecule has 6 aromatic rings. The molecule has 7 rings (SSSR count). The zero-order valence-electron chi connectivity index (χ0n) is 26.8. The molecule has 0 fully saturated rings. The van der Waals surface area contributed by atoms with Crippen LogP contribution >= 0.6 is 35.1 Å². The number of aromatic carboxylic acids is 1. The molecule has 0 atom stereocenters. The predicted molar refractivity (Wildman–Crippen MR) is 192 cm³/mol. The third kappa shape index (κ3) is 5.81. The van der Waals surface area contributed by atoms with E-state index in [9.17, 15) is 9.90 Å². The summed E-state index contributed by atoms with van der Waals surface area (Å²) in [6.45, 7) is 5.26. The first kappa shape index (κ1) is 31.7. The molecule has 0 saturated carbocycles. The van der Waals surface area contributed by atoms with Crippen LogP contribution in [0.4, 0.5) is 0 Å². The Morgan fingerprint density at radius 1 is 1.02 bits per heavy atom. The number of benzene rings is 3. The number of ether oxygens (including phenoxy) is 1. The van der Waals surface area contributed by atoms with Crippen molar-refractivity contribution in [1.29, 1.82) is 0 Å². The van der Waals surface area contributed by atoms with Crippen molar-refractivity contribution in [3.8, 4) is 16.9 Å². The number of carboxylic acids is 1. The summed E-state index contributed by atoms with van der Waals surface area (Å²) in [6.07, 6.45) is 1.19. The first-order valence-corrected chi connectivity index (χ1v) is 18.2. The Balaban J connectivity index is 1.37. The highest BCUT2D eigenvalue weighted by Gasteiger charge is 2.27. The summed E-state index contributed by atoms with van der Waals surface area (Å²) in [6, 6.07) is 18.6. The molecule has 0 spiro atoms. The zero-order chi connectivity index (χ0) is 32.8. The molecule has 1 aliphatic rings. The lowest BCUT2D eigenvalue weighted by atomic mass is 9.98. The topological polar surface area (TPSA) is 87.1 Å². The Kier molecular flexibility index (Phi) is 8.76. The minimum atomic E-state index is -0.960. The molecular formula is C36H36ClN5O3S2. The van der Waals surface area contributed by atoms with Crippen LogP contribution in [0.1, 0.15) is 52.2 Å². The Morgan fingerprint density at radius 2 is 1.85 bits per heavy atom. The first-order valence-electron chi connectivity index (χ1n) is 15.7. The van der Waals surface area contributed by atoms with E-state index < -0.39 is 5.97 Å². The van der Waals surface area contributed by atoms with Crippen LogP contribution < -0.4 is 4.74 Å². The second kappa shape index (κ2) is 13.0. The number of nitrogens with zero attached hydrogens (tertiary/aromatic N) is 5. The maximum atomic E-state index is 12.8. The van der Waals surface area contributed by atoms with Gasteiger partial charge in [0.05, 0.1) is 34.2 Å². The van der Waals surface area contributed by atoms with Crippen LogP contribution in [-0.4, -0.2) is 41.8 Å². The van der Waals surface area contributed by atoms with E-state index in [2.05, 4.69) is 37.3 Å². The van der Waals surface area contributed by atoms with Crippen LogP contribution in [0.3, 0.4) is 0 Å². The van der Waals surface area contributed by atoms with Crippen molar-refractivity contribution in [2.24, 2.45) is 14.1 Å². The molecule has 0 aliphatic carbocycles. The highest BCUT2D eigenvalue weighted by Crippen LogP contribution is 2.43. The van der Waals surface area contributed by atoms with Crippen LogP contribution in [0.5, 0.6) is 5.75 Å². The van der Waals surface area contributed by atoms with Gasteiger partial charge in [-0.2, -0.15) is 10.2 Å². The third-order valence-corrected chi connectivity index (χ3v) is 11.2. The van der Waals surface area contributed by atoms with Crippen LogP contribution in [-0.2, 0) is 44.3 Å². The summed E-state index contributed by atoms with van der Waals surface area (Å²) >= 11 is 10.6. The molecule has 8 nitrogen and oxygen atoms in total. The summed E-state index contributed by atoms with van der Waals surface area (Å²) in [4.78, 5) is 13.9. The van der Waals surface area contributed by atoms with E-state index in [1.54, 1.807) is 28.1 Å². The maximum Gasteiger partial charge on any atom is 0.352 e. The van der Waals surface area contributed by atoms with E-state index >= 15 is 0 Å². The molecule has 0 unspecified atom stereocenters. The minimum absolute atomic E-state index is 0.275. The molecule has 8 bridgehead atoms. The van der Waals surface area contributed by atoms with Crippen molar-refractivity contribution in [2.75, 3.05) is 6.61 Å². The SMILES string of the molecule is CCn1nc(C)c2c1CSCc1cc(n(C)n1)CSc1cc(c3ccccc3c1)OCCCc1c(C(=O)O)n(C)c3c-2c(Cl)ccc13. The number of aryl methyl sites for hydroxylation is 5. The average molecular weight is 686 g/mol. The van der Waals surface area contributed by atoms with Gasteiger partial charge in [-0.15, -0.1) is 23.5 Å². The fourth-order valence-electron chi connectivity index (χ4n) is 6.80. The number of aromatic nitrogens is 5. The van der Waals surface area contributed by atoms with Gasteiger partial charge in [0, 0.05) is 70.4 Å². The van der Waals surface area contributed by atoms with Gasteiger partial charge >= 0.3 is 5.97 Å². The van der Waals surface area contributed by atoms with Gasteiger partial charge in [0.1, 0.15) is 11.4 Å². The number of fused-ring (bicyclic) bond motifs is 8. The van der Waals surface area contributed by atoms with Crippen LogP contribution in [0.25, 0.3) is 32.8 Å². The largest absolute Gasteiger partial charge is 0.493 e. The quantitative estimate of drug-likeness (QED) is 0.195. The van der Waals surface area contributed by atoms with Gasteiger partial charge in [-0.3, -0.25) is 9.36 Å². The summed E-state index contributed by atoms with van der Waals surface area (Å²) in [5.74, 6) is 2.11. The van der Waals surface area contributed by atoms with E-state index in [4.69, 9.17) is 26.5 Å². The van der Waals surface area contributed by atoms with E-state index in [0.29, 0.717) is 36.8 Å². The second-order valence-corrected chi connectivity index (χ2v) is 14.3. The molecule has 242 valence electrons. The molecule has 1 N–H and O–H groups in total. The monoisotopic (exact) mass is 685 g/mol. The van der Waals surface area contributed by atoms with Crippen molar-refractivity contribution in [1.82, 2.24) is 24.1 Å². The summed E-state index contributed by atoms with van der Waals surface area (Å²) in [7, 11) is 3.83. The fraction of sp³-hybridized carbons (Fsp3) is 0.306. The lowest BCUT2D eigenvalue weighted by Crippen LogP contribution is -2.09. The molecule has 4 heterocycles. The van der Waals surface area contributed by atoms with Crippen molar-refractivity contribution >= 4 is 62.8 Å². The number of carbonyl (C=O) groups is 1. The smallest absolute Gasteiger partial charge is 0.352 e.